The van der Waals surface area contributed by atoms with Gasteiger partial charge in [-0.05, 0) is 64.9 Å². The lowest BCUT2D eigenvalue weighted by molar-refractivity contribution is 0.404. The van der Waals surface area contributed by atoms with Gasteiger partial charge in [0.1, 0.15) is 5.75 Å². The van der Waals surface area contributed by atoms with Crippen molar-refractivity contribution in [2.45, 2.75) is 23.1 Å². The Kier molecular flexibility index (Phi) is 4.95. The first-order valence-electron chi connectivity index (χ1n) is 5.83. The van der Waals surface area contributed by atoms with Crippen LogP contribution in [0.4, 0.5) is 0 Å². The smallest absolute Gasteiger partial charge is 0.133 e. The lowest BCUT2D eigenvalue weighted by Gasteiger charge is -2.08. The van der Waals surface area contributed by atoms with Crippen molar-refractivity contribution in [3.05, 3.63) is 51.6 Å². The molecule has 18 heavy (non-hydrogen) atoms. The number of ether oxygens (including phenoxy) is 1. The van der Waals surface area contributed by atoms with Crippen LogP contribution in [-0.2, 0) is 6.42 Å². The molecule has 0 N–H and O–H groups in total. The Morgan fingerprint density at radius 1 is 1.11 bits per heavy atom. The molecule has 0 aromatic heterocycles. The van der Waals surface area contributed by atoms with Crippen molar-refractivity contribution in [2.75, 3.05) is 7.11 Å². The van der Waals surface area contributed by atoms with Gasteiger partial charge in [-0.2, -0.15) is 0 Å². The molecule has 0 saturated carbocycles. The van der Waals surface area contributed by atoms with Crippen LogP contribution in [0.5, 0.6) is 5.75 Å². The third kappa shape index (κ3) is 3.42. The highest BCUT2D eigenvalue weighted by Gasteiger charge is 2.05. The molecule has 0 amide bonds. The minimum atomic E-state index is 0.937. The van der Waals surface area contributed by atoms with Crippen LogP contribution in [-0.4, -0.2) is 7.11 Å². The molecule has 0 radical (unpaired) electrons. The first-order valence-corrected chi connectivity index (χ1v) is 7.72. The maximum Gasteiger partial charge on any atom is 0.133 e. The Hall–Kier alpha value is -0.680. The minimum absolute atomic E-state index is 0.937. The summed E-state index contributed by atoms with van der Waals surface area (Å²) >= 11 is 4.03. The first kappa shape index (κ1) is 13.7. The number of halogens is 1. The van der Waals surface area contributed by atoms with Crippen molar-refractivity contribution in [3.8, 4) is 5.75 Å². The van der Waals surface area contributed by atoms with Gasteiger partial charge in [0.05, 0.1) is 12.0 Å². The largest absolute Gasteiger partial charge is 0.496 e. The van der Waals surface area contributed by atoms with Crippen molar-refractivity contribution in [1.82, 2.24) is 0 Å². The van der Waals surface area contributed by atoms with Crippen molar-refractivity contribution < 1.29 is 4.74 Å². The zero-order valence-corrected chi connectivity index (χ0v) is 13.4. The molecule has 2 aromatic rings. The van der Waals surface area contributed by atoms with E-state index in [2.05, 4.69) is 72.0 Å². The van der Waals surface area contributed by atoms with E-state index in [4.69, 9.17) is 4.74 Å². The summed E-state index contributed by atoms with van der Waals surface area (Å²) in [7, 11) is 1.72. The third-order valence-corrected chi connectivity index (χ3v) is 4.42. The second-order valence-corrected chi connectivity index (χ2v) is 6.26. The fourth-order valence-corrected chi connectivity index (χ4v) is 3.01. The Morgan fingerprint density at radius 2 is 1.83 bits per heavy atom. The molecule has 94 valence electrons. The van der Waals surface area contributed by atoms with Gasteiger partial charge in [0.15, 0.2) is 0 Å². The molecular formula is C15H15IOS. The van der Waals surface area contributed by atoms with Crippen LogP contribution in [0.2, 0.25) is 0 Å². The van der Waals surface area contributed by atoms with E-state index < -0.39 is 0 Å². The molecule has 2 rings (SSSR count). The van der Waals surface area contributed by atoms with E-state index in [1.54, 1.807) is 18.9 Å². The molecular weight excluding hydrogens is 355 g/mol. The topological polar surface area (TPSA) is 9.23 Å². The van der Waals surface area contributed by atoms with Crippen LogP contribution >= 0.6 is 34.4 Å². The van der Waals surface area contributed by atoms with Gasteiger partial charge in [-0.1, -0.05) is 30.8 Å². The monoisotopic (exact) mass is 370 g/mol. The summed E-state index contributed by atoms with van der Waals surface area (Å²) in [6.45, 7) is 2.17. The van der Waals surface area contributed by atoms with Crippen LogP contribution in [0.1, 0.15) is 12.5 Å². The molecule has 1 nitrogen and oxygen atoms in total. The molecule has 0 bridgehead atoms. The van der Waals surface area contributed by atoms with Crippen LogP contribution in [0.25, 0.3) is 0 Å². The number of rotatable bonds is 4. The SMILES string of the molecule is CCc1ccc(Sc2ccc(I)cc2OC)cc1. The van der Waals surface area contributed by atoms with E-state index in [0.717, 1.165) is 17.1 Å². The zero-order valence-electron chi connectivity index (χ0n) is 10.4. The Bertz CT molecular complexity index is 523. The summed E-state index contributed by atoms with van der Waals surface area (Å²) in [6, 6.07) is 15.0. The maximum absolute atomic E-state index is 5.42. The second kappa shape index (κ2) is 6.48. The average molecular weight is 370 g/mol. The summed E-state index contributed by atoms with van der Waals surface area (Å²) in [4.78, 5) is 2.40. The zero-order chi connectivity index (χ0) is 13.0. The Balaban J connectivity index is 2.22. The standard InChI is InChI=1S/C15H15IOS/c1-3-11-4-7-13(8-5-11)18-15-9-6-12(16)10-14(15)17-2/h4-10H,3H2,1-2H3. The average Bonchev–Trinajstić information content (AvgIpc) is 2.41. The number of aryl methyl sites for hydroxylation is 1. The first-order chi connectivity index (χ1) is 8.72. The molecule has 0 atom stereocenters. The van der Waals surface area contributed by atoms with Gasteiger partial charge in [0.25, 0.3) is 0 Å². The van der Waals surface area contributed by atoms with Crippen LogP contribution in [0, 0.1) is 3.57 Å². The Labute approximate surface area is 126 Å². The van der Waals surface area contributed by atoms with Gasteiger partial charge in [0.2, 0.25) is 0 Å². The summed E-state index contributed by atoms with van der Waals surface area (Å²) in [5.41, 5.74) is 1.37. The van der Waals surface area contributed by atoms with E-state index in [-0.39, 0.29) is 0 Å². The molecule has 0 saturated heterocycles. The van der Waals surface area contributed by atoms with Gasteiger partial charge in [-0.25, -0.2) is 0 Å². The fourth-order valence-electron chi connectivity index (χ4n) is 1.65. The van der Waals surface area contributed by atoms with Gasteiger partial charge in [-0.3, -0.25) is 0 Å². The summed E-state index contributed by atoms with van der Waals surface area (Å²) in [6.07, 6.45) is 1.08. The predicted octanol–water partition coefficient (Wildman–Crippen LogP) is 5.01. The van der Waals surface area contributed by atoms with Crippen LogP contribution < -0.4 is 4.74 Å². The quantitative estimate of drug-likeness (QED) is 0.700. The van der Waals surface area contributed by atoms with Gasteiger partial charge in [0, 0.05) is 8.47 Å². The molecule has 0 aliphatic carbocycles. The van der Waals surface area contributed by atoms with Gasteiger partial charge >= 0.3 is 0 Å². The van der Waals surface area contributed by atoms with Crippen LogP contribution in [0.15, 0.2) is 52.3 Å². The molecule has 0 aliphatic rings. The summed E-state index contributed by atoms with van der Waals surface area (Å²) in [5.74, 6) is 0.937. The van der Waals surface area contributed by atoms with Crippen molar-refractivity contribution in [1.29, 1.82) is 0 Å². The molecule has 0 unspecified atom stereocenters. The lowest BCUT2D eigenvalue weighted by Crippen LogP contribution is -1.87. The summed E-state index contributed by atoms with van der Waals surface area (Å²) < 4.78 is 6.61. The van der Waals surface area contributed by atoms with E-state index >= 15 is 0 Å². The fraction of sp³-hybridized carbons (Fsp3) is 0.200. The highest BCUT2D eigenvalue weighted by molar-refractivity contribution is 14.1. The van der Waals surface area contributed by atoms with E-state index in [1.165, 1.54) is 14.0 Å². The number of benzene rings is 2. The molecule has 2 aromatic carbocycles. The van der Waals surface area contributed by atoms with E-state index in [0.29, 0.717) is 0 Å². The number of methoxy groups -OCH3 is 1. The number of hydrogen-bond donors (Lipinski definition) is 0. The normalized spacial score (nSPS) is 10.4. The van der Waals surface area contributed by atoms with Crippen LogP contribution in [0.3, 0.4) is 0 Å². The van der Waals surface area contributed by atoms with E-state index in [9.17, 15) is 0 Å². The van der Waals surface area contributed by atoms with Crippen molar-refractivity contribution >= 4 is 34.4 Å². The number of hydrogen-bond acceptors (Lipinski definition) is 2. The summed E-state index contributed by atoms with van der Waals surface area (Å²) in [5, 5.41) is 0. The van der Waals surface area contributed by atoms with E-state index in [1.807, 2.05) is 0 Å². The van der Waals surface area contributed by atoms with Gasteiger partial charge in [-0.15, -0.1) is 0 Å². The third-order valence-electron chi connectivity index (χ3n) is 2.69. The highest BCUT2D eigenvalue weighted by Crippen LogP contribution is 2.35. The van der Waals surface area contributed by atoms with Crippen molar-refractivity contribution in [3.63, 3.8) is 0 Å². The molecule has 0 fully saturated rings. The predicted molar refractivity (Wildman–Crippen MR) is 85.7 cm³/mol. The molecule has 0 spiro atoms. The Morgan fingerprint density at radius 3 is 2.44 bits per heavy atom. The highest BCUT2D eigenvalue weighted by atomic mass is 127. The lowest BCUT2D eigenvalue weighted by atomic mass is 10.2. The molecule has 0 aliphatic heterocycles. The second-order valence-electron chi connectivity index (χ2n) is 3.89. The molecule has 3 heteroatoms. The van der Waals surface area contributed by atoms with Crippen molar-refractivity contribution in [2.24, 2.45) is 0 Å². The molecule has 0 heterocycles. The van der Waals surface area contributed by atoms with Gasteiger partial charge < -0.3 is 4.74 Å². The minimum Gasteiger partial charge on any atom is -0.496 e. The maximum atomic E-state index is 5.42.